The van der Waals surface area contributed by atoms with Crippen molar-refractivity contribution in [3.8, 4) is 11.1 Å². The van der Waals surface area contributed by atoms with E-state index in [4.69, 9.17) is 16.7 Å². The predicted octanol–water partition coefficient (Wildman–Crippen LogP) is 6.14. The van der Waals surface area contributed by atoms with Gasteiger partial charge in [-0.25, -0.2) is 4.79 Å². The maximum Gasteiger partial charge on any atom is 0.404 e. The average Bonchev–Trinajstić information content (AvgIpc) is 3.43. The van der Waals surface area contributed by atoms with Crippen LogP contribution >= 0.6 is 22.9 Å². The number of benzene rings is 2. The number of thiophene rings is 1. The van der Waals surface area contributed by atoms with E-state index >= 15 is 0 Å². The first kappa shape index (κ1) is 30.1. The monoisotopic (exact) mass is 583 g/mol. The van der Waals surface area contributed by atoms with E-state index in [0.717, 1.165) is 40.8 Å². The Morgan fingerprint density at radius 1 is 1.18 bits per heavy atom. The lowest BCUT2D eigenvalue weighted by molar-refractivity contribution is -0.0562. The van der Waals surface area contributed by atoms with Gasteiger partial charge in [0.05, 0.1) is 10.5 Å². The lowest BCUT2D eigenvalue weighted by Crippen LogP contribution is -2.48. The van der Waals surface area contributed by atoms with Gasteiger partial charge in [0.25, 0.3) is 5.91 Å². The fourth-order valence-corrected chi connectivity index (χ4v) is 6.98. The van der Waals surface area contributed by atoms with E-state index in [-0.39, 0.29) is 18.4 Å². The standard InChI is InChI=1S/C31H38ClN3O4S/c1-3-21-8-4-9-22(18-21)28-25(11-5-12-26(28)32)31(39,15-7-16-34-30(37)38)23-10-6-17-35(20-23)29(36)27-14-13-24(40-27)19-33-2/h4-5,8-9,11-14,18,23,33-34,39H,3,6-7,10,15-17,19-20H2,1-2H3,(H,37,38). The van der Waals surface area contributed by atoms with Crippen molar-refractivity contribution in [2.24, 2.45) is 5.92 Å². The smallest absolute Gasteiger partial charge is 0.404 e. The second-order valence-corrected chi connectivity index (χ2v) is 11.9. The van der Waals surface area contributed by atoms with Crippen LogP contribution in [0.15, 0.2) is 54.6 Å². The van der Waals surface area contributed by atoms with E-state index in [2.05, 4.69) is 29.7 Å². The molecule has 7 nitrogen and oxygen atoms in total. The number of nitrogens with one attached hydrogen (secondary N) is 2. The SMILES string of the molecule is CCc1cccc(-c2c(Cl)cccc2C(O)(CCCNC(=O)O)C2CCCN(C(=O)c3ccc(CNC)s3)C2)c1. The molecule has 214 valence electrons. The first-order valence-corrected chi connectivity index (χ1v) is 15.1. The molecule has 2 atom stereocenters. The van der Waals surface area contributed by atoms with E-state index in [1.54, 1.807) is 0 Å². The van der Waals surface area contributed by atoms with Crippen LogP contribution in [0.3, 0.4) is 0 Å². The van der Waals surface area contributed by atoms with Gasteiger partial charge < -0.3 is 25.7 Å². The largest absolute Gasteiger partial charge is 0.465 e. The van der Waals surface area contributed by atoms with Gasteiger partial charge in [-0.2, -0.15) is 0 Å². The Bertz CT molecular complexity index is 1330. The van der Waals surface area contributed by atoms with Crippen LogP contribution in [0, 0.1) is 5.92 Å². The van der Waals surface area contributed by atoms with Crippen molar-refractivity contribution in [2.45, 2.75) is 51.2 Å². The number of nitrogens with zero attached hydrogens (tertiary/aromatic N) is 1. The molecular weight excluding hydrogens is 546 g/mol. The molecule has 0 saturated carbocycles. The van der Waals surface area contributed by atoms with Gasteiger partial charge in [0.2, 0.25) is 0 Å². The van der Waals surface area contributed by atoms with Gasteiger partial charge in [0.1, 0.15) is 0 Å². The summed E-state index contributed by atoms with van der Waals surface area (Å²) in [4.78, 5) is 28.3. The van der Waals surface area contributed by atoms with E-state index in [9.17, 15) is 14.7 Å². The summed E-state index contributed by atoms with van der Waals surface area (Å²) < 4.78 is 0. The maximum atomic E-state index is 13.5. The molecular formula is C31H38ClN3O4S. The van der Waals surface area contributed by atoms with Gasteiger partial charge in [0, 0.05) is 47.6 Å². The summed E-state index contributed by atoms with van der Waals surface area (Å²) in [6, 6.07) is 17.7. The molecule has 1 aromatic heterocycles. The Morgan fingerprint density at radius 3 is 2.73 bits per heavy atom. The molecule has 1 saturated heterocycles. The van der Waals surface area contributed by atoms with Gasteiger partial charge in [0.15, 0.2) is 0 Å². The second kappa shape index (κ2) is 13.6. The number of carboxylic acid groups (broad SMARTS) is 1. The number of likely N-dealkylation sites (tertiary alicyclic amines) is 1. The molecule has 1 fully saturated rings. The number of hydrogen-bond donors (Lipinski definition) is 4. The molecule has 0 aliphatic carbocycles. The molecule has 2 unspecified atom stereocenters. The first-order valence-electron chi connectivity index (χ1n) is 13.9. The van der Waals surface area contributed by atoms with Crippen molar-refractivity contribution < 1.29 is 19.8 Å². The molecule has 1 aliphatic rings. The second-order valence-electron chi connectivity index (χ2n) is 10.4. The fourth-order valence-electron chi connectivity index (χ4n) is 5.71. The summed E-state index contributed by atoms with van der Waals surface area (Å²) in [6.07, 6.45) is 2.05. The summed E-state index contributed by atoms with van der Waals surface area (Å²) in [7, 11) is 1.88. The number of carbonyl (C=O) groups is 2. The van der Waals surface area contributed by atoms with Crippen LogP contribution < -0.4 is 10.6 Å². The Hall–Kier alpha value is -2.91. The number of halogens is 1. The van der Waals surface area contributed by atoms with Crippen molar-refractivity contribution in [3.05, 3.63) is 80.5 Å². The lowest BCUT2D eigenvalue weighted by Gasteiger charge is -2.43. The van der Waals surface area contributed by atoms with Crippen LogP contribution in [0.4, 0.5) is 4.79 Å². The van der Waals surface area contributed by atoms with Gasteiger partial charge in [-0.3, -0.25) is 4.79 Å². The van der Waals surface area contributed by atoms with Crippen LogP contribution in [0.25, 0.3) is 11.1 Å². The zero-order valence-electron chi connectivity index (χ0n) is 23.1. The Labute approximate surface area is 245 Å². The van der Waals surface area contributed by atoms with Crippen molar-refractivity contribution in [2.75, 3.05) is 26.7 Å². The lowest BCUT2D eigenvalue weighted by atomic mass is 9.72. The van der Waals surface area contributed by atoms with Gasteiger partial charge in [-0.1, -0.05) is 54.9 Å². The number of aliphatic hydroxyl groups is 1. The van der Waals surface area contributed by atoms with E-state index in [1.165, 1.54) is 16.9 Å². The van der Waals surface area contributed by atoms with E-state index in [1.807, 2.05) is 54.4 Å². The topological polar surface area (TPSA) is 102 Å². The normalized spacial score (nSPS) is 16.9. The number of rotatable bonds is 11. The van der Waals surface area contributed by atoms with Crippen LogP contribution in [-0.2, 0) is 18.6 Å². The maximum absolute atomic E-state index is 13.5. The zero-order valence-corrected chi connectivity index (χ0v) is 24.7. The zero-order chi connectivity index (χ0) is 28.7. The van der Waals surface area contributed by atoms with E-state index < -0.39 is 11.7 Å². The molecule has 9 heteroatoms. The molecule has 3 aromatic rings. The third-order valence-corrected chi connectivity index (χ3v) is 9.11. The minimum absolute atomic E-state index is 0.0195. The van der Waals surface area contributed by atoms with Crippen LogP contribution in [0.5, 0.6) is 0 Å². The fraction of sp³-hybridized carbons (Fsp3) is 0.419. The van der Waals surface area contributed by atoms with Crippen LogP contribution in [0.1, 0.15) is 58.3 Å². The first-order chi connectivity index (χ1) is 19.3. The predicted molar refractivity (Wildman–Crippen MR) is 161 cm³/mol. The number of amides is 2. The molecule has 40 heavy (non-hydrogen) atoms. The Morgan fingerprint density at radius 2 is 1.98 bits per heavy atom. The minimum Gasteiger partial charge on any atom is -0.465 e. The number of aryl methyl sites for hydroxylation is 1. The van der Waals surface area contributed by atoms with Gasteiger partial charge in [-0.05, 0) is 74.0 Å². The average molecular weight is 584 g/mol. The highest BCUT2D eigenvalue weighted by atomic mass is 35.5. The highest BCUT2D eigenvalue weighted by Crippen LogP contribution is 2.46. The molecule has 2 amide bonds. The van der Waals surface area contributed by atoms with Gasteiger partial charge >= 0.3 is 6.09 Å². The van der Waals surface area contributed by atoms with Crippen LogP contribution in [0.2, 0.25) is 5.02 Å². The minimum atomic E-state index is -1.33. The summed E-state index contributed by atoms with van der Waals surface area (Å²) in [6.45, 7) is 4.06. The number of hydrogen-bond acceptors (Lipinski definition) is 5. The van der Waals surface area contributed by atoms with Crippen LogP contribution in [-0.4, -0.2) is 53.8 Å². The highest BCUT2D eigenvalue weighted by Gasteiger charge is 2.43. The summed E-state index contributed by atoms with van der Waals surface area (Å²) in [5.74, 6) is -0.271. The van der Waals surface area contributed by atoms with E-state index in [0.29, 0.717) is 42.4 Å². The van der Waals surface area contributed by atoms with Crippen molar-refractivity contribution >= 4 is 34.9 Å². The molecule has 0 radical (unpaired) electrons. The third kappa shape index (κ3) is 6.86. The summed E-state index contributed by atoms with van der Waals surface area (Å²) in [5.41, 5.74) is 2.28. The quantitative estimate of drug-likeness (QED) is 0.203. The van der Waals surface area contributed by atoms with Gasteiger partial charge in [-0.15, -0.1) is 11.3 Å². The molecule has 2 heterocycles. The van der Waals surface area contributed by atoms with Crippen molar-refractivity contribution in [3.63, 3.8) is 0 Å². The number of piperidine rings is 1. The summed E-state index contributed by atoms with van der Waals surface area (Å²) in [5, 5.41) is 27.8. The number of carbonyl (C=O) groups excluding carboxylic acids is 1. The third-order valence-electron chi connectivity index (χ3n) is 7.72. The Balaban J connectivity index is 1.70. The molecule has 1 aliphatic heterocycles. The molecule has 0 spiro atoms. The molecule has 4 N–H and O–H groups in total. The molecule has 0 bridgehead atoms. The Kier molecular flexibility index (Phi) is 10.2. The molecule has 2 aromatic carbocycles. The highest BCUT2D eigenvalue weighted by molar-refractivity contribution is 7.14. The van der Waals surface area contributed by atoms with Crippen molar-refractivity contribution in [1.82, 2.24) is 15.5 Å². The van der Waals surface area contributed by atoms with Crippen molar-refractivity contribution in [1.29, 1.82) is 0 Å². The summed E-state index contributed by atoms with van der Waals surface area (Å²) >= 11 is 8.32. The molecule has 4 rings (SSSR count).